The lowest BCUT2D eigenvalue weighted by Gasteiger charge is -2.19. The number of hydrogen-bond donors (Lipinski definition) is 4. The summed E-state index contributed by atoms with van der Waals surface area (Å²) in [5.74, 6) is -3.00. The first-order valence-electron chi connectivity index (χ1n) is 19.5. The summed E-state index contributed by atoms with van der Waals surface area (Å²) in [6.45, 7) is 3.15. The Bertz CT molecular complexity index is 2400. The molecule has 0 aliphatic rings. The molecule has 0 aromatic heterocycles. The summed E-state index contributed by atoms with van der Waals surface area (Å²) in [6.07, 6.45) is -10.2. The normalized spacial score (nSPS) is 11.4. The SMILES string of the molecule is C.CC(=O)NCCOC(=O)C(Br)c1ccc(Cl)cc1.CC(=O)NCCOC(=O)C(Oc1cccc(C(F)(F)F)c1)c1ccc(Cl)cc1.O=C(O)Cc1ccc(Cl)cc1.Oc1cccc(C(F)(F)F)c1. The van der Waals surface area contributed by atoms with Crippen molar-refractivity contribution in [3.05, 3.63) is 164 Å². The molecule has 5 aromatic rings. The summed E-state index contributed by atoms with van der Waals surface area (Å²) in [6, 6.07) is 27.8. The zero-order chi connectivity index (χ0) is 51.0. The zero-order valence-electron chi connectivity index (χ0n) is 35.7. The number of carboxylic acid groups (broad SMARTS) is 1. The molecule has 4 N–H and O–H groups in total. The van der Waals surface area contributed by atoms with Crippen molar-refractivity contribution in [1.29, 1.82) is 0 Å². The van der Waals surface area contributed by atoms with Gasteiger partial charge >= 0.3 is 30.3 Å². The molecule has 69 heavy (non-hydrogen) atoms. The number of ether oxygens (including phenoxy) is 3. The number of phenols is 1. The van der Waals surface area contributed by atoms with Crippen molar-refractivity contribution in [2.24, 2.45) is 0 Å². The molecular formula is C47H46BrCl3F6N2O10. The maximum atomic E-state index is 12.9. The monoisotopic (exact) mass is 1100 g/mol. The van der Waals surface area contributed by atoms with Crippen LogP contribution >= 0.6 is 50.7 Å². The molecule has 0 radical (unpaired) electrons. The smallest absolute Gasteiger partial charge is 0.416 e. The molecule has 0 aliphatic carbocycles. The number of halogens is 10. The average Bonchev–Trinajstić information content (AvgIpc) is 3.27. The number of rotatable bonds is 14. The Kier molecular flexibility index (Phi) is 26.9. The fourth-order valence-electron chi connectivity index (χ4n) is 4.90. The number of carbonyl (C=O) groups excluding carboxylic acids is 4. The predicted octanol–water partition coefficient (Wildman–Crippen LogP) is 11.6. The number of aliphatic carboxylic acids is 1. The van der Waals surface area contributed by atoms with Crippen molar-refractivity contribution in [2.75, 3.05) is 26.3 Å². The molecule has 22 heteroatoms. The lowest BCUT2D eigenvalue weighted by Crippen LogP contribution is -2.28. The van der Waals surface area contributed by atoms with E-state index in [0.29, 0.717) is 33.2 Å². The summed E-state index contributed by atoms with van der Waals surface area (Å²) in [5.41, 5.74) is 0.147. The molecule has 2 amide bonds. The molecule has 374 valence electrons. The number of carbonyl (C=O) groups is 5. The third-order valence-electron chi connectivity index (χ3n) is 8.05. The van der Waals surface area contributed by atoms with Crippen molar-refractivity contribution in [3.8, 4) is 11.5 Å². The highest BCUT2D eigenvalue weighted by molar-refractivity contribution is 9.09. The maximum absolute atomic E-state index is 12.9. The third kappa shape index (κ3) is 25.2. The van der Waals surface area contributed by atoms with Gasteiger partial charge in [0.15, 0.2) is 0 Å². The lowest BCUT2D eigenvalue weighted by molar-refractivity contribution is -0.152. The van der Waals surface area contributed by atoms with Gasteiger partial charge in [0.05, 0.1) is 30.6 Å². The summed E-state index contributed by atoms with van der Waals surface area (Å²) in [5, 5.41) is 23.7. The van der Waals surface area contributed by atoms with Gasteiger partial charge in [-0.05, 0) is 83.9 Å². The van der Waals surface area contributed by atoms with Crippen molar-refractivity contribution in [1.82, 2.24) is 10.6 Å². The molecule has 2 atom stereocenters. The molecule has 0 heterocycles. The van der Waals surface area contributed by atoms with Crippen molar-refractivity contribution in [2.45, 2.75) is 51.0 Å². The first-order valence-corrected chi connectivity index (χ1v) is 21.5. The third-order valence-corrected chi connectivity index (χ3v) is 9.71. The molecular weight excluding hydrogens is 1050 g/mol. The fourth-order valence-corrected chi connectivity index (χ4v) is 5.72. The second kappa shape index (κ2) is 30.5. The second-order valence-corrected chi connectivity index (χ2v) is 15.8. The minimum atomic E-state index is -4.55. The molecule has 12 nitrogen and oxygen atoms in total. The van der Waals surface area contributed by atoms with Gasteiger partial charge in [-0.25, -0.2) is 4.79 Å². The summed E-state index contributed by atoms with van der Waals surface area (Å²) < 4.78 is 89.9. The predicted molar refractivity (Wildman–Crippen MR) is 251 cm³/mol. The van der Waals surface area contributed by atoms with Crippen LogP contribution in [-0.4, -0.2) is 66.2 Å². The van der Waals surface area contributed by atoms with Gasteiger partial charge in [0, 0.05) is 34.5 Å². The van der Waals surface area contributed by atoms with Gasteiger partial charge in [0.25, 0.3) is 0 Å². The maximum Gasteiger partial charge on any atom is 0.416 e. The number of nitrogens with one attached hydrogen (secondary N) is 2. The number of hydrogen-bond acceptors (Lipinski definition) is 9. The summed E-state index contributed by atoms with van der Waals surface area (Å²) in [4.78, 5) is 55.2. The minimum Gasteiger partial charge on any atom is -0.508 e. The van der Waals surface area contributed by atoms with E-state index in [4.69, 9.17) is 59.2 Å². The average molecular weight is 1100 g/mol. The highest BCUT2D eigenvalue weighted by Crippen LogP contribution is 2.34. The first kappa shape index (κ1) is 61.0. The van der Waals surface area contributed by atoms with Crippen LogP contribution in [0, 0.1) is 0 Å². The summed E-state index contributed by atoms with van der Waals surface area (Å²) in [7, 11) is 0. The fraction of sp³-hybridized carbons (Fsp3) is 0.255. The molecule has 5 aromatic carbocycles. The molecule has 0 spiro atoms. The molecule has 0 saturated heterocycles. The second-order valence-electron chi connectivity index (χ2n) is 13.5. The first-order chi connectivity index (χ1) is 31.8. The highest BCUT2D eigenvalue weighted by Gasteiger charge is 2.32. The van der Waals surface area contributed by atoms with Crippen molar-refractivity contribution < 1.29 is 74.7 Å². The van der Waals surface area contributed by atoms with Gasteiger partial charge in [-0.15, -0.1) is 0 Å². The molecule has 0 fully saturated rings. The highest BCUT2D eigenvalue weighted by atomic mass is 79.9. The summed E-state index contributed by atoms with van der Waals surface area (Å²) >= 11 is 20.4. The van der Waals surface area contributed by atoms with Gasteiger partial charge in [0.2, 0.25) is 17.9 Å². The standard InChI is InChI=1S/C19H17ClF3NO4.C12H13BrClNO3.C8H7ClO2.C7H5F3O.CH4/c1-12(25)24-9-10-27-18(26)17(13-5-7-15(20)8-6-13)28-16-4-2-3-14(11-16)19(21,22)23;1-8(16)15-6-7-18-12(17)11(13)9-2-4-10(14)5-3-9;9-7-3-1-6(2-4-7)5-8(10)11;8-7(9,10)5-2-1-3-6(11)4-5;/h2-8,11,17H,9-10H2,1H3,(H,24,25);2-5,11H,6-7H2,1H3,(H,15,16);1-4H,5H2,(H,10,11);1-4,11H;1H4. The molecule has 2 unspecified atom stereocenters. The van der Waals surface area contributed by atoms with E-state index in [1.807, 2.05) is 0 Å². The van der Waals surface area contributed by atoms with Crippen LogP contribution in [0.1, 0.15) is 60.0 Å². The van der Waals surface area contributed by atoms with Gasteiger partial charge in [0.1, 0.15) is 29.5 Å². The Balaban J connectivity index is 0.000000497. The number of esters is 2. The van der Waals surface area contributed by atoms with Crippen LogP contribution in [0.25, 0.3) is 0 Å². The van der Waals surface area contributed by atoms with Crippen molar-refractivity contribution >= 4 is 80.5 Å². The van der Waals surface area contributed by atoms with E-state index in [0.717, 1.165) is 35.4 Å². The zero-order valence-corrected chi connectivity index (χ0v) is 39.5. The minimum absolute atomic E-state index is 0. The van der Waals surface area contributed by atoms with E-state index in [2.05, 4.69) is 26.6 Å². The number of amides is 2. The topological polar surface area (TPSA) is 178 Å². The van der Waals surface area contributed by atoms with E-state index < -0.39 is 52.3 Å². The molecule has 0 aliphatic heterocycles. The lowest BCUT2D eigenvalue weighted by atomic mass is 10.1. The number of alkyl halides is 7. The van der Waals surface area contributed by atoms with Crippen molar-refractivity contribution in [3.63, 3.8) is 0 Å². The van der Waals surface area contributed by atoms with E-state index in [9.17, 15) is 50.3 Å². The van der Waals surface area contributed by atoms with Crippen LogP contribution in [0.4, 0.5) is 26.3 Å². The van der Waals surface area contributed by atoms with Crippen LogP contribution in [0.2, 0.25) is 15.1 Å². The number of carboxylic acids is 1. The van der Waals surface area contributed by atoms with E-state index in [-0.39, 0.29) is 56.9 Å². The van der Waals surface area contributed by atoms with E-state index in [1.165, 1.54) is 56.3 Å². The largest absolute Gasteiger partial charge is 0.508 e. The number of aromatic hydroxyl groups is 1. The Morgan fingerprint density at radius 2 is 1.04 bits per heavy atom. The van der Waals surface area contributed by atoms with Crippen LogP contribution in [-0.2, 0) is 52.2 Å². The molecule has 0 saturated carbocycles. The van der Waals surface area contributed by atoms with Crippen LogP contribution in [0.5, 0.6) is 11.5 Å². The van der Waals surface area contributed by atoms with E-state index >= 15 is 0 Å². The van der Waals surface area contributed by atoms with Gasteiger partial charge in [-0.3, -0.25) is 19.2 Å². The molecule has 5 rings (SSSR count). The number of phenolic OH excluding ortho intramolecular Hbond substituents is 1. The van der Waals surface area contributed by atoms with Crippen LogP contribution in [0.3, 0.4) is 0 Å². The van der Waals surface area contributed by atoms with Crippen LogP contribution < -0.4 is 15.4 Å². The molecule has 0 bridgehead atoms. The Morgan fingerprint density at radius 3 is 1.46 bits per heavy atom. The van der Waals surface area contributed by atoms with Gasteiger partial charge in [-0.2, -0.15) is 26.3 Å². The number of benzene rings is 5. The van der Waals surface area contributed by atoms with Crippen LogP contribution in [0.15, 0.2) is 121 Å². The van der Waals surface area contributed by atoms with Gasteiger partial charge < -0.3 is 35.1 Å². The Hall–Kier alpha value is -6.02. The Morgan fingerprint density at radius 1 is 0.623 bits per heavy atom. The quantitative estimate of drug-likeness (QED) is 0.0362. The Labute approximate surface area is 416 Å². The van der Waals surface area contributed by atoms with E-state index in [1.54, 1.807) is 48.5 Å². The van der Waals surface area contributed by atoms with Gasteiger partial charge in [-0.1, -0.05) is 107 Å².